The highest BCUT2D eigenvalue weighted by Gasteiger charge is 2.30. The fourth-order valence-electron chi connectivity index (χ4n) is 10.3. The number of hydrogen-bond acceptors (Lipinski definition) is 15. The van der Waals surface area contributed by atoms with Crippen molar-refractivity contribution >= 4 is 39.5 Å². The van der Waals surface area contributed by atoms with E-state index in [0.717, 1.165) is 116 Å². The number of phosphoric acid groups is 2. The fourth-order valence-corrected chi connectivity index (χ4v) is 11.9. The quantitative estimate of drug-likeness (QED) is 0.0128. The fraction of sp³-hybridized carbons (Fsp3) is 0.711. The lowest BCUT2D eigenvalue weighted by Gasteiger charge is -2.21. The van der Waals surface area contributed by atoms with Crippen LogP contribution in [0.15, 0.2) is 122 Å². The molecule has 0 amide bonds. The van der Waals surface area contributed by atoms with Crippen molar-refractivity contribution in [3.05, 3.63) is 122 Å². The topological polar surface area (TPSA) is 237 Å². The van der Waals surface area contributed by atoms with E-state index >= 15 is 0 Å². The van der Waals surface area contributed by atoms with E-state index in [2.05, 4.69) is 125 Å². The number of phosphoric ester groups is 2. The van der Waals surface area contributed by atoms with Crippen molar-refractivity contribution in [2.75, 3.05) is 39.6 Å². The molecule has 3 N–H and O–H groups in total. The summed E-state index contributed by atoms with van der Waals surface area (Å²) in [5.41, 5.74) is 0. The molecule has 0 heterocycles. The minimum Gasteiger partial charge on any atom is -0.462 e. The van der Waals surface area contributed by atoms with Crippen molar-refractivity contribution in [2.24, 2.45) is 0 Å². The second kappa shape index (κ2) is 74.7. The molecule has 17 nitrogen and oxygen atoms in total. The molecular weight excluding hydrogens is 1330 g/mol. The smallest absolute Gasteiger partial charge is 0.462 e. The maximum Gasteiger partial charge on any atom is 0.472 e. The van der Waals surface area contributed by atoms with Gasteiger partial charge in [-0.05, 0) is 128 Å². The summed E-state index contributed by atoms with van der Waals surface area (Å²) < 4.78 is 68.4. The van der Waals surface area contributed by atoms with Gasteiger partial charge in [0.05, 0.1) is 26.4 Å². The van der Waals surface area contributed by atoms with Crippen LogP contribution in [0, 0.1) is 0 Å². The second-order valence-electron chi connectivity index (χ2n) is 26.3. The zero-order valence-corrected chi connectivity index (χ0v) is 65.8. The SMILES string of the molecule is CCCCC/C=C\C/C=C\C/C=C\C/C=C\CCCC(=O)O[C@H](COC(=O)CCCCCCC/C=C\C=C/CCCCCC)COP(=O)(O)OC[C@H](O)COP(=O)(O)OC[C@@H](COC(=O)CCCCCCCCCCCCCCC)OC(=O)CCC/C=C\C/C=C\C/C=C\C/C=C\CCCCC. The van der Waals surface area contributed by atoms with Gasteiger partial charge in [-0.3, -0.25) is 37.3 Å². The van der Waals surface area contributed by atoms with Gasteiger partial charge in [0.25, 0.3) is 0 Å². The minimum atomic E-state index is -5.00. The van der Waals surface area contributed by atoms with Gasteiger partial charge in [-0.2, -0.15) is 0 Å². The third-order valence-corrected chi connectivity index (χ3v) is 18.3. The van der Waals surface area contributed by atoms with E-state index < -0.39 is 97.5 Å². The Kier molecular flexibility index (Phi) is 71.4. The van der Waals surface area contributed by atoms with E-state index in [1.54, 1.807) is 0 Å². The molecule has 0 spiro atoms. The first-order valence-corrected chi connectivity index (χ1v) is 42.8. The van der Waals surface area contributed by atoms with E-state index in [-0.39, 0.29) is 25.7 Å². The molecule has 0 aromatic heterocycles. The zero-order valence-electron chi connectivity index (χ0n) is 64.0. The normalized spacial score (nSPS) is 14.5. The Hall–Kier alpha value is -4.54. The summed E-state index contributed by atoms with van der Waals surface area (Å²) in [6, 6.07) is 0. The van der Waals surface area contributed by atoms with Crippen molar-refractivity contribution < 1.29 is 80.2 Å². The van der Waals surface area contributed by atoms with Crippen molar-refractivity contribution in [1.82, 2.24) is 0 Å². The molecule has 0 aliphatic carbocycles. The van der Waals surface area contributed by atoms with E-state index in [9.17, 15) is 43.2 Å². The average molecular weight is 1470 g/mol. The maximum atomic E-state index is 13.1. The van der Waals surface area contributed by atoms with Crippen LogP contribution in [-0.2, 0) is 65.4 Å². The summed E-state index contributed by atoms with van der Waals surface area (Å²) in [4.78, 5) is 72.9. The van der Waals surface area contributed by atoms with E-state index in [1.165, 1.54) is 116 Å². The molecule has 0 saturated heterocycles. The highest BCUT2D eigenvalue weighted by Crippen LogP contribution is 2.45. The lowest BCUT2D eigenvalue weighted by Crippen LogP contribution is -2.30. The second-order valence-corrected chi connectivity index (χ2v) is 29.2. The largest absolute Gasteiger partial charge is 0.472 e. The Morgan fingerprint density at radius 3 is 0.853 bits per heavy atom. The van der Waals surface area contributed by atoms with Crippen LogP contribution < -0.4 is 0 Å². The molecule has 0 aliphatic rings. The molecule has 0 radical (unpaired) electrons. The van der Waals surface area contributed by atoms with Crippen LogP contribution in [0.5, 0.6) is 0 Å². The Morgan fingerprint density at radius 2 is 0.520 bits per heavy atom. The zero-order chi connectivity index (χ0) is 74.6. The predicted octanol–water partition coefficient (Wildman–Crippen LogP) is 23.1. The Bertz CT molecular complexity index is 2410. The summed E-state index contributed by atoms with van der Waals surface area (Å²) in [6.45, 7) is 4.67. The summed E-state index contributed by atoms with van der Waals surface area (Å²) in [6.07, 6.45) is 81.9. The number of ether oxygens (including phenoxy) is 4. The van der Waals surface area contributed by atoms with Crippen LogP contribution in [0.25, 0.3) is 0 Å². The van der Waals surface area contributed by atoms with E-state index in [4.69, 9.17) is 37.0 Å². The molecule has 102 heavy (non-hydrogen) atoms. The summed E-state index contributed by atoms with van der Waals surface area (Å²) in [5, 5.41) is 10.6. The number of aliphatic hydroxyl groups excluding tert-OH is 1. The van der Waals surface area contributed by atoms with Crippen molar-refractivity contribution in [1.29, 1.82) is 0 Å². The van der Waals surface area contributed by atoms with Crippen molar-refractivity contribution in [3.63, 3.8) is 0 Å². The van der Waals surface area contributed by atoms with Crippen molar-refractivity contribution in [2.45, 2.75) is 341 Å². The molecule has 0 saturated carbocycles. The molecule has 19 heteroatoms. The molecule has 2 unspecified atom stereocenters. The van der Waals surface area contributed by atoms with Crippen LogP contribution >= 0.6 is 15.6 Å². The molecular formula is C83H142O17P2. The Labute approximate surface area is 619 Å². The summed E-state index contributed by atoms with van der Waals surface area (Å²) >= 11 is 0. The van der Waals surface area contributed by atoms with Gasteiger partial charge in [0.15, 0.2) is 12.2 Å². The molecule has 0 aromatic carbocycles. The molecule has 0 fully saturated rings. The highest BCUT2D eigenvalue weighted by atomic mass is 31.2. The van der Waals surface area contributed by atoms with Crippen LogP contribution in [0.1, 0.15) is 323 Å². The van der Waals surface area contributed by atoms with Crippen LogP contribution in [0.4, 0.5) is 0 Å². The highest BCUT2D eigenvalue weighted by molar-refractivity contribution is 7.47. The number of carbonyl (C=O) groups is 4. The van der Waals surface area contributed by atoms with E-state index in [0.29, 0.717) is 38.5 Å². The van der Waals surface area contributed by atoms with Gasteiger partial charge in [0.2, 0.25) is 0 Å². The first-order chi connectivity index (χ1) is 49.7. The predicted molar refractivity (Wildman–Crippen MR) is 418 cm³/mol. The van der Waals surface area contributed by atoms with Crippen LogP contribution in [0.2, 0.25) is 0 Å². The van der Waals surface area contributed by atoms with Crippen molar-refractivity contribution in [3.8, 4) is 0 Å². The number of carbonyl (C=O) groups excluding carboxylic acids is 4. The third-order valence-electron chi connectivity index (χ3n) is 16.4. The lowest BCUT2D eigenvalue weighted by atomic mass is 10.0. The number of hydrogen-bond donors (Lipinski definition) is 3. The third kappa shape index (κ3) is 73.8. The Balaban J connectivity index is 5.47. The lowest BCUT2D eigenvalue weighted by molar-refractivity contribution is -0.161. The number of aliphatic hydroxyl groups is 1. The minimum absolute atomic E-state index is 0.0125. The van der Waals surface area contributed by atoms with Gasteiger partial charge in [0, 0.05) is 25.7 Å². The van der Waals surface area contributed by atoms with Gasteiger partial charge >= 0.3 is 39.5 Å². The maximum absolute atomic E-state index is 13.1. The molecule has 0 aromatic rings. The van der Waals surface area contributed by atoms with Gasteiger partial charge in [-0.15, -0.1) is 0 Å². The summed E-state index contributed by atoms with van der Waals surface area (Å²) in [7, 11) is -10.00. The Morgan fingerprint density at radius 1 is 0.284 bits per heavy atom. The first kappa shape index (κ1) is 97.5. The average Bonchev–Trinajstić information content (AvgIpc) is 0.966. The van der Waals surface area contributed by atoms with E-state index in [1.807, 2.05) is 24.3 Å². The van der Waals surface area contributed by atoms with Crippen LogP contribution in [0.3, 0.4) is 0 Å². The first-order valence-electron chi connectivity index (χ1n) is 39.8. The van der Waals surface area contributed by atoms with Gasteiger partial charge in [-0.1, -0.05) is 290 Å². The number of rotatable bonds is 74. The monoisotopic (exact) mass is 1470 g/mol. The van der Waals surface area contributed by atoms with Crippen LogP contribution in [-0.4, -0.2) is 96.7 Å². The van der Waals surface area contributed by atoms with Gasteiger partial charge in [0.1, 0.15) is 19.3 Å². The molecule has 586 valence electrons. The molecule has 0 aliphatic heterocycles. The van der Waals surface area contributed by atoms with Gasteiger partial charge in [-0.25, -0.2) is 9.13 Å². The standard InChI is InChI=1S/C83H142O17P2/c1-5-9-13-17-21-25-29-33-36-38-41-45-49-53-57-61-65-69-82(87)99-78(73-93-80(85)67-63-59-55-51-47-43-32-28-24-20-16-12-8-4)75-97-101(89,90)95-71-77(84)72-96-102(91,92)98-76-79(74-94-81(86)68-64-60-56-52-48-44-40-35-31-27-23-19-15-11-7-3)100-83(88)70-66-62-58-54-50-46-42-39-37-34-30-26-22-18-14-10-6-2/h21-22,25-27,31,33-37,40-42,45-46,53-54,57-58,77-79,84H,5-20,23-24,28-30,32,38-39,43-44,47-52,55-56,59-76H2,1-4H3,(H,89,90)(H,91,92)/b25-21-,26-22-,31-27-,36-33-,37-34-,40-35-,45-41-,46-42-,57-53-,58-54-/t77-,78-,79-/m1/s1. The molecule has 0 bridgehead atoms. The molecule has 5 atom stereocenters. The number of esters is 4. The number of unbranched alkanes of at least 4 members (excludes halogenated alkanes) is 29. The van der Waals surface area contributed by atoms with Gasteiger partial charge < -0.3 is 33.8 Å². The molecule has 0 rings (SSSR count). The summed E-state index contributed by atoms with van der Waals surface area (Å²) in [5.74, 6) is -2.32. The number of allylic oxidation sites excluding steroid dienone is 20.